The van der Waals surface area contributed by atoms with Gasteiger partial charge in [0.05, 0.1) is 0 Å². The molecule has 0 atom stereocenters. The van der Waals surface area contributed by atoms with Crippen LogP contribution in [0.3, 0.4) is 0 Å². The van der Waals surface area contributed by atoms with Gasteiger partial charge in [0, 0.05) is 12.7 Å². The Kier molecular flexibility index (Phi) is 4.67. The van der Waals surface area contributed by atoms with E-state index in [1.807, 2.05) is 0 Å². The average molecular weight is 155 g/mol. The third-order valence-corrected chi connectivity index (χ3v) is 1.16. The van der Waals surface area contributed by atoms with Gasteiger partial charge in [-0.2, -0.15) is 20.5 Å². The predicted molar refractivity (Wildman–Crippen MR) is 32.8 cm³/mol. The summed E-state index contributed by atoms with van der Waals surface area (Å²) in [5.41, 5.74) is 0. The number of hydrogen-bond acceptors (Lipinski definition) is 1. The fraction of sp³-hybridized carbons (Fsp3) is 0.400. The van der Waals surface area contributed by atoms with Gasteiger partial charge in [-0.25, -0.2) is 4.39 Å². The highest BCUT2D eigenvalue weighted by Gasteiger charge is 2.02. The molecule has 0 unspecified atom stereocenters. The van der Waals surface area contributed by atoms with Gasteiger partial charge in [0.25, 0.3) is 0 Å². The molecule has 53 valence electrons. The second kappa shape index (κ2) is 4.73. The molecule has 0 amide bonds. The minimum atomic E-state index is -2.22. The molecule has 0 fully saturated rings. The van der Waals surface area contributed by atoms with Crippen molar-refractivity contribution >= 4 is 11.8 Å². The molecule has 0 saturated heterocycles. The first kappa shape index (κ1) is 8.88. The Morgan fingerprint density at radius 3 is 2.22 bits per heavy atom. The molecule has 0 aliphatic carbocycles. The molecule has 4 heteroatoms. The zero-order valence-electron chi connectivity index (χ0n) is 4.66. The fourth-order valence-electron chi connectivity index (χ4n) is 0.256. The Balaban J connectivity index is 3.50. The Labute approximate surface area is 56.1 Å². The second-order valence-corrected chi connectivity index (χ2v) is 2.14. The molecular formula is C5H6F3S. The highest BCUT2D eigenvalue weighted by molar-refractivity contribution is 8.00. The van der Waals surface area contributed by atoms with Crippen molar-refractivity contribution in [3.05, 3.63) is 18.2 Å². The summed E-state index contributed by atoms with van der Waals surface area (Å²) in [4.78, 5) is 0. The third kappa shape index (κ3) is 4.39. The molecular weight excluding hydrogens is 149 g/mol. The summed E-state index contributed by atoms with van der Waals surface area (Å²) in [5, 5.41) is 0. The number of hydrogen-bond donors (Lipinski definition) is 0. The van der Waals surface area contributed by atoms with Crippen molar-refractivity contribution in [2.45, 2.75) is 6.42 Å². The van der Waals surface area contributed by atoms with E-state index in [0.29, 0.717) is 5.75 Å². The van der Waals surface area contributed by atoms with Crippen molar-refractivity contribution in [2.24, 2.45) is 0 Å². The Morgan fingerprint density at radius 1 is 1.33 bits per heavy atom. The van der Waals surface area contributed by atoms with Gasteiger partial charge in [0.15, 0.2) is 5.83 Å². The standard InChI is InChI=1S/C5H6F3S/c1-9-3-2-4(6)5(7)8/h1-3H2. The lowest BCUT2D eigenvalue weighted by molar-refractivity contribution is 0.373. The molecule has 9 heavy (non-hydrogen) atoms. The van der Waals surface area contributed by atoms with E-state index in [9.17, 15) is 13.2 Å². The second-order valence-electron chi connectivity index (χ2n) is 1.32. The van der Waals surface area contributed by atoms with E-state index in [1.54, 1.807) is 0 Å². The van der Waals surface area contributed by atoms with Crippen LogP contribution in [0.25, 0.3) is 0 Å². The minimum absolute atomic E-state index is 0.226. The van der Waals surface area contributed by atoms with Gasteiger partial charge in [-0.1, -0.05) is 0 Å². The maximum Gasteiger partial charge on any atom is 0.301 e. The summed E-state index contributed by atoms with van der Waals surface area (Å²) < 4.78 is 34.3. The maximum absolute atomic E-state index is 11.8. The third-order valence-electron chi connectivity index (χ3n) is 0.671. The summed E-state index contributed by atoms with van der Waals surface area (Å²) >= 11 is 1.09. The van der Waals surface area contributed by atoms with Crippen molar-refractivity contribution in [3.63, 3.8) is 0 Å². The first-order valence-electron chi connectivity index (χ1n) is 2.25. The van der Waals surface area contributed by atoms with Crippen molar-refractivity contribution in [1.29, 1.82) is 0 Å². The van der Waals surface area contributed by atoms with E-state index in [1.165, 1.54) is 0 Å². The van der Waals surface area contributed by atoms with Crippen LogP contribution in [0.2, 0.25) is 0 Å². The number of rotatable bonds is 3. The zero-order chi connectivity index (χ0) is 7.28. The molecule has 0 rings (SSSR count). The van der Waals surface area contributed by atoms with E-state index >= 15 is 0 Å². The lowest BCUT2D eigenvalue weighted by atomic mass is 10.4. The van der Waals surface area contributed by atoms with Crippen LogP contribution < -0.4 is 0 Å². The van der Waals surface area contributed by atoms with Crippen molar-refractivity contribution in [2.75, 3.05) is 5.75 Å². The quantitative estimate of drug-likeness (QED) is 0.603. The van der Waals surface area contributed by atoms with Crippen LogP contribution in [0.15, 0.2) is 11.9 Å². The predicted octanol–water partition coefficient (Wildman–Crippen LogP) is 2.98. The van der Waals surface area contributed by atoms with Crippen LogP contribution >= 0.6 is 11.8 Å². The summed E-state index contributed by atoms with van der Waals surface area (Å²) in [7, 11) is 0. The summed E-state index contributed by atoms with van der Waals surface area (Å²) in [6.07, 6.45) is 0.855. The topological polar surface area (TPSA) is 0 Å². The molecule has 0 heterocycles. The van der Waals surface area contributed by atoms with E-state index in [0.717, 1.165) is 11.8 Å². The highest BCUT2D eigenvalue weighted by atomic mass is 32.2. The van der Waals surface area contributed by atoms with Gasteiger partial charge in [-0.3, -0.25) is 0 Å². The molecule has 0 aliphatic rings. The Bertz CT molecular complexity index is 107. The van der Waals surface area contributed by atoms with Gasteiger partial charge in [0.1, 0.15) is 0 Å². The van der Waals surface area contributed by atoms with E-state index in [4.69, 9.17) is 0 Å². The number of thioether (sulfide) groups is 1. The molecule has 0 aromatic rings. The summed E-state index contributed by atoms with van der Waals surface area (Å²) in [6.45, 7) is 0. The smallest absolute Gasteiger partial charge is 0.206 e. The average Bonchev–Trinajstić information content (AvgIpc) is 1.82. The molecule has 0 bridgehead atoms. The molecule has 0 nitrogen and oxygen atoms in total. The largest absolute Gasteiger partial charge is 0.301 e. The van der Waals surface area contributed by atoms with Crippen molar-refractivity contribution < 1.29 is 13.2 Å². The van der Waals surface area contributed by atoms with Crippen molar-refractivity contribution in [1.82, 2.24) is 0 Å². The van der Waals surface area contributed by atoms with Gasteiger partial charge >= 0.3 is 6.08 Å². The first-order chi connectivity index (χ1) is 4.18. The van der Waals surface area contributed by atoms with E-state index < -0.39 is 11.9 Å². The van der Waals surface area contributed by atoms with Gasteiger partial charge in [0.2, 0.25) is 0 Å². The summed E-state index contributed by atoms with van der Waals surface area (Å²) in [5.74, 6) is -1.03. The molecule has 0 N–H and O–H groups in total. The molecule has 0 aliphatic heterocycles. The molecule has 0 aromatic carbocycles. The van der Waals surface area contributed by atoms with E-state index in [-0.39, 0.29) is 6.42 Å². The lowest BCUT2D eigenvalue weighted by Crippen LogP contribution is -1.79. The monoisotopic (exact) mass is 155 g/mol. The Hall–Kier alpha value is -0.120. The van der Waals surface area contributed by atoms with Crippen LogP contribution in [0.4, 0.5) is 13.2 Å². The van der Waals surface area contributed by atoms with Crippen LogP contribution in [0.5, 0.6) is 0 Å². The van der Waals surface area contributed by atoms with Crippen LogP contribution in [0, 0.1) is 6.26 Å². The highest BCUT2D eigenvalue weighted by Crippen LogP contribution is 2.15. The first-order valence-corrected chi connectivity index (χ1v) is 3.40. The molecule has 0 saturated carbocycles. The van der Waals surface area contributed by atoms with Gasteiger partial charge in [-0.15, -0.1) is 0 Å². The maximum atomic E-state index is 11.8. The fourth-order valence-corrected chi connectivity index (χ4v) is 0.580. The minimum Gasteiger partial charge on any atom is -0.206 e. The zero-order valence-corrected chi connectivity index (χ0v) is 5.48. The molecule has 1 radical (unpaired) electrons. The lowest BCUT2D eigenvalue weighted by Gasteiger charge is -1.90. The molecule has 0 aromatic heterocycles. The van der Waals surface area contributed by atoms with Crippen LogP contribution in [-0.2, 0) is 0 Å². The number of halogens is 3. The van der Waals surface area contributed by atoms with Crippen molar-refractivity contribution in [3.8, 4) is 0 Å². The van der Waals surface area contributed by atoms with E-state index in [2.05, 4.69) is 6.26 Å². The van der Waals surface area contributed by atoms with Crippen LogP contribution in [0.1, 0.15) is 6.42 Å². The normalized spacial score (nSPS) is 9.33. The molecule has 0 spiro atoms. The summed E-state index contributed by atoms with van der Waals surface area (Å²) in [6, 6.07) is 0. The number of allylic oxidation sites excluding steroid dienone is 1. The van der Waals surface area contributed by atoms with Crippen LogP contribution in [-0.4, -0.2) is 5.75 Å². The van der Waals surface area contributed by atoms with Gasteiger partial charge < -0.3 is 0 Å². The van der Waals surface area contributed by atoms with Gasteiger partial charge in [-0.05, 0) is 5.75 Å². The SMILES string of the molecule is [CH2]SCCC(F)=C(F)F. The Morgan fingerprint density at radius 2 is 1.89 bits per heavy atom.